The number of hydrogen-bond donors (Lipinski definition) is 2. The number of nitrogens with one attached hydrogen (secondary N) is 2. The Morgan fingerprint density at radius 2 is 2.11 bits per heavy atom. The van der Waals surface area contributed by atoms with Gasteiger partial charge in [0, 0.05) is 24.0 Å². The quantitative estimate of drug-likeness (QED) is 0.811. The lowest BCUT2D eigenvalue weighted by molar-refractivity contribution is 0.576. The van der Waals surface area contributed by atoms with Gasteiger partial charge in [0.1, 0.15) is 4.21 Å². The zero-order chi connectivity index (χ0) is 14.0. The van der Waals surface area contributed by atoms with E-state index in [4.69, 9.17) is 0 Å². The summed E-state index contributed by atoms with van der Waals surface area (Å²) in [6, 6.07) is 3.98. The van der Waals surface area contributed by atoms with Crippen molar-refractivity contribution in [3.8, 4) is 0 Å². The lowest BCUT2D eigenvalue weighted by Gasteiger charge is -2.05. The normalized spacial score (nSPS) is 22.9. The molecule has 2 unspecified atom stereocenters. The first-order chi connectivity index (χ1) is 8.88. The van der Waals surface area contributed by atoms with Crippen LogP contribution in [0.25, 0.3) is 0 Å². The molecule has 1 aliphatic carbocycles. The summed E-state index contributed by atoms with van der Waals surface area (Å²) in [7, 11) is -3.32. The molecule has 1 aromatic rings. The second kappa shape index (κ2) is 5.91. The molecule has 2 N–H and O–H groups in total. The molecule has 1 aliphatic rings. The average Bonchev–Trinajstić information content (AvgIpc) is 2.85. The van der Waals surface area contributed by atoms with Crippen LogP contribution in [0.15, 0.2) is 16.3 Å². The minimum absolute atomic E-state index is 0.400. The van der Waals surface area contributed by atoms with Crippen LogP contribution in [0.3, 0.4) is 0 Å². The molecule has 0 amide bonds. The van der Waals surface area contributed by atoms with E-state index in [0.717, 1.165) is 17.8 Å². The Kier molecular flexibility index (Phi) is 4.66. The van der Waals surface area contributed by atoms with E-state index >= 15 is 0 Å². The van der Waals surface area contributed by atoms with Crippen molar-refractivity contribution in [3.05, 3.63) is 17.0 Å². The highest BCUT2D eigenvalue weighted by Crippen LogP contribution is 2.37. The summed E-state index contributed by atoms with van der Waals surface area (Å²) in [6.07, 6.45) is 1.14. The van der Waals surface area contributed by atoms with E-state index in [2.05, 4.69) is 30.8 Å². The predicted octanol–water partition coefficient (Wildman–Crippen LogP) is 2.18. The Morgan fingerprint density at radius 3 is 2.68 bits per heavy atom. The molecule has 0 spiro atoms. The van der Waals surface area contributed by atoms with Crippen molar-refractivity contribution in [3.63, 3.8) is 0 Å². The molecule has 0 saturated heterocycles. The molecule has 19 heavy (non-hydrogen) atoms. The molecule has 2 atom stereocenters. The maximum absolute atomic E-state index is 12.1. The Hall–Kier alpha value is -0.430. The predicted molar refractivity (Wildman–Crippen MR) is 78.8 cm³/mol. The van der Waals surface area contributed by atoms with Crippen molar-refractivity contribution >= 4 is 21.4 Å². The summed E-state index contributed by atoms with van der Waals surface area (Å²) in [5, 5.41) is 3.29. The highest BCUT2D eigenvalue weighted by molar-refractivity contribution is 7.91. The first-order valence-electron chi connectivity index (χ1n) is 6.70. The van der Waals surface area contributed by atoms with Gasteiger partial charge in [-0.05, 0) is 30.4 Å². The minimum atomic E-state index is -3.32. The van der Waals surface area contributed by atoms with E-state index in [1.54, 1.807) is 6.07 Å². The van der Waals surface area contributed by atoms with Crippen molar-refractivity contribution in [1.82, 2.24) is 10.0 Å². The van der Waals surface area contributed by atoms with Gasteiger partial charge in [-0.1, -0.05) is 20.8 Å². The Bertz CT molecular complexity index is 523. The van der Waals surface area contributed by atoms with Gasteiger partial charge in [0.05, 0.1) is 0 Å². The fourth-order valence-corrected chi connectivity index (χ4v) is 4.32. The van der Waals surface area contributed by atoms with E-state index in [9.17, 15) is 8.42 Å². The third kappa shape index (κ3) is 4.27. The molecule has 1 heterocycles. The highest BCUT2D eigenvalue weighted by Gasteiger charge is 2.33. The van der Waals surface area contributed by atoms with Crippen molar-refractivity contribution < 1.29 is 8.42 Å². The zero-order valence-corrected chi connectivity index (χ0v) is 13.3. The molecule has 1 aromatic heterocycles. The Morgan fingerprint density at radius 1 is 1.42 bits per heavy atom. The largest absolute Gasteiger partial charge is 0.310 e. The van der Waals surface area contributed by atoms with Crippen molar-refractivity contribution in [2.75, 3.05) is 6.54 Å². The fourth-order valence-electron chi connectivity index (χ4n) is 1.87. The van der Waals surface area contributed by atoms with Gasteiger partial charge in [-0.3, -0.25) is 0 Å². The lowest BCUT2D eigenvalue weighted by atomic mass is 10.3. The van der Waals surface area contributed by atoms with Gasteiger partial charge in [-0.15, -0.1) is 11.3 Å². The standard InChI is InChI=1S/C13H22N2O2S2/c1-9(2)14-8-12-4-5-13(18-12)19(16,17)15-7-11-6-10(11)3/h4-5,9-11,14-15H,6-8H2,1-3H3. The molecule has 4 nitrogen and oxygen atoms in total. The van der Waals surface area contributed by atoms with Crippen LogP contribution in [-0.4, -0.2) is 21.0 Å². The van der Waals surface area contributed by atoms with Crippen LogP contribution in [0.1, 0.15) is 32.1 Å². The van der Waals surface area contributed by atoms with Gasteiger partial charge in [0.25, 0.3) is 0 Å². The average molecular weight is 302 g/mol. The monoisotopic (exact) mass is 302 g/mol. The van der Waals surface area contributed by atoms with E-state index in [-0.39, 0.29) is 0 Å². The molecule has 108 valence electrons. The third-order valence-corrected chi connectivity index (χ3v) is 6.40. The van der Waals surface area contributed by atoms with Crippen LogP contribution >= 0.6 is 11.3 Å². The smallest absolute Gasteiger partial charge is 0.250 e. The summed E-state index contributed by atoms with van der Waals surface area (Å²) in [4.78, 5) is 1.05. The van der Waals surface area contributed by atoms with E-state index < -0.39 is 10.0 Å². The molecule has 0 aliphatic heterocycles. The van der Waals surface area contributed by atoms with Crippen LogP contribution in [0, 0.1) is 11.8 Å². The Labute approximate surface area is 119 Å². The first kappa shape index (κ1) is 15.0. The fraction of sp³-hybridized carbons (Fsp3) is 0.692. The molecular weight excluding hydrogens is 280 g/mol. The molecule has 0 radical (unpaired) electrons. The summed E-state index contributed by atoms with van der Waals surface area (Å²) in [5.74, 6) is 1.19. The summed E-state index contributed by atoms with van der Waals surface area (Å²) in [5.41, 5.74) is 0. The Balaban J connectivity index is 1.92. The third-order valence-electron chi connectivity index (χ3n) is 3.40. The SMILES string of the molecule is CC(C)NCc1ccc(S(=O)(=O)NCC2CC2C)s1. The highest BCUT2D eigenvalue weighted by atomic mass is 32.2. The number of rotatable bonds is 7. The maximum atomic E-state index is 12.1. The molecular formula is C13H22N2O2S2. The van der Waals surface area contributed by atoms with Crippen LogP contribution in [0.2, 0.25) is 0 Å². The first-order valence-corrected chi connectivity index (χ1v) is 9.00. The van der Waals surface area contributed by atoms with E-state index in [1.165, 1.54) is 11.3 Å². The van der Waals surface area contributed by atoms with Crippen LogP contribution in [-0.2, 0) is 16.6 Å². The van der Waals surface area contributed by atoms with Crippen molar-refractivity contribution in [1.29, 1.82) is 0 Å². The van der Waals surface area contributed by atoms with Crippen LogP contribution < -0.4 is 10.0 Å². The van der Waals surface area contributed by atoms with Gasteiger partial charge in [-0.2, -0.15) is 0 Å². The van der Waals surface area contributed by atoms with Crippen LogP contribution in [0.4, 0.5) is 0 Å². The van der Waals surface area contributed by atoms with E-state index in [0.29, 0.717) is 28.6 Å². The topological polar surface area (TPSA) is 58.2 Å². The van der Waals surface area contributed by atoms with Gasteiger partial charge in [-0.25, -0.2) is 13.1 Å². The summed E-state index contributed by atoms with van der Waals surface area (Å²) in [6.45, 7) is 7.59. The lowest BCUT2D eigenvalue weighted by Crippen LogP contribution is -2.25. The second-order valence-electron chi connectivity index (χ2n) is 5.58. The molecule has 0 bridgehead atoms. The summed E-state index contributed by atoms with van der Waals surface area (Å²) >= 11 is 1.34. The number of sulfonamides is 1. The maximum Gasteiger partial charge on any atom is 0.250 e. The molecule has 1 saturated carbocycles. The molecule has 6 heteroatoms. The van der Waals surface area contributed by atoms with Gasteiger partial charge in [0.2, 0.25) is 10.0 Å². The van der Waals surface area contributed by atoms with Crippen molar-refractivity contribution in [2.24, 2.45) is 11.8 Å². The molecule has 2 rings (SSSR count). The second-order valence-corrected chi connectivity index (χ2v) is 8.74. The minimum Gasteiger partial charge on any atom is -0.310 e. The summed E-state index contributed by atoms with van der Waals surface area (Å²) < 4.78 is 27.3. The van der Waals surface area contributed by atoms with Gasteiger partial charge < -0.3 is 5.32 Å². The van der Waals surface area contributed by atoms with Crippen LogP contribution in [0.5, 0.6) is 0 Å². The van der Waals surface area contributed by atoms with Gasteiger partial charge in [0.15, 0.2) is 0 Å². The van der Waals surface area contributed by atoms with Gasteiger partial charge >= 0.3 is 0 Å². The molecule has 1 fully saturated rings. The number of hydrogen-bond acceptors (Lipinski definition) is 4. The van der Waals surface area contributed by atoms with Crippen molar-refractivity contribution in [2.45, 2.75) is 44.0 Å². The molecule has 0 aromatic carbocycles. The number of thiophene rings is 1. The van der Waals surface area contributed by atoms with E-state index in [1.807, 2.05) is 6.07 Å². The zero-order valence-electron chi connectivity index (χ0n) is 11.6.